The van der Waals surface area contributed by atoms with Gasteiger partial charge in [0.05, 0.1) is 4.90 Å². The van der Waals surface area contributed by atoms with E-state index in [0.29, 0.717) is 17.4 Å². The molecule has 3 rings (SSSR count). The lowest BCUT2D eigenvalue weighted by atomic mass is 9.96. The highest BCUT2D eigenvalue weighted by molar-refractivity contribution is 7.89. The standard InChI is InChI=1S/C14H18N2O2S2/c15-14(19)11-3-1-2-4-13(11)20(17,18)16-12-8-9-5-6-10(12)7-9/h1-4,9-10,12,16H,5-8H2,(H2,15,19). The third-order valence-electron chi connectivity index (χ3n) is 4.49. The molecule has 1 aromatic rings. The lowest BCUT2D eigenvalue weighted by Gasteiger charge is -2.23. The molecule has 0 amide bonds. The van der Waals surface area contributed by atoms with Crippen molar-refractivity contribution < 1.29 is 8.42 Å². The third-order valence-corrected chi connectivity index (χ3v) is 6.25. The molecule has 2 bridgehead atoms. The van der Waals surface area contributed by atoms with Crippen LogP contribution in [0.15, 0.2) is 29.2 Å². The topological polar surface area (TPSA) is 72.2 Å². The van der Waals surface area contributed by atoms with Crippen molar-refractivity contribution in [3.63, 3.8) is 0 Å². The SMILES string of the molecule is NC(=S)c1ccccc1S(=O)(=O)NC1CC2CCC1C2. The van der Waals surface area contributed by atoms with Gasteiger partial charge < -0.3 is 5.73 Å². The van der Waals surface area contributed by atoms with Crippen LogP contribution >= 0.6 is 12.2 Å². The number of thiocarbonyl (C=S) groups is 1. The summed E-state index contributed by atoms with van der Waals surface area (Å²) in [6.07, 6.45) is 4.49. The van der Waals surface area contributed by atoms with E-state index in [9.17, 15) is 8.42 Å². The molecule has 0 aromatic heterocycles. The second-order valence-electron chi connectivity index (χ2n) is 5.76. The predicted molar refractivity (Wildman–Crippen MR) is 81.9 cm³/mol. The molecule has 20 heavy (non-hydrogen) atoms. The van der Waals surface area contributed by atoms with E-state index in [1.54, 1.807) is 24.3 Å². The summed E-state index contributed by atoms with van der Waals surface area (Å²) in [7, 11) is -3.56. The van der Waals surface area contributed by atoms with Gasteiger partial charge in [-0.05, 0) is 37.2 Å². The zero-order chi connectivity index (χ0) is 14.3. The zero-order valence-electron chi connectivity index (χ0n) is 11.1. The Kier molecular flexibility index (Phi) is 3.56. The molecule has 2 aliphatic carbocycles. The Hall–Kier alpha value is -0.980. The molecule has 0 heterocycles. The summed E-state index contributed by atoms with van der Waals surface area (Å²) in [6, 6.07) is 6.71. The van der Waals surface area contributed by atoms with E-state index in [1.807, 2.05) is 0 Å². The summed E-state index contributed by atoms with van der Waals surface area (Å²) in [6.45, 7) is 0. The fraction of sp³-hybridized carbons (Fsp3) is 0.500. The van der Waals surface area contributed by atoms with Gasteiger partial charge >= 0.3 is 0 Å². The normalized spacial score (nSPS) is 28.7. The van der Waals surface area contributed by atoms with E-state index in [2.05, 4.69) is 4.72 Å². The molecule has 0 saturated heterocycles. The number of rotatable bonds is 4. The monoisotopic (exact) mass is 310 g/mol. The van der Waals surface area contributed by atoms with Crippen molar-refractivity contribution in [1.29, 1.82) is 0 Å². The Morgan fingerprint density at radius 3 is 2.60 bits per heavy atom. The summed E-state index contributed by atoms with van der Waals surface area (Å²) in [5.74, 6) is 1.19. The van der Waals surface area contributed by atoms with Crippen LogP contribution in [0.25, 0.3) is 0 Å². The molecule has 2 fully saturated rings. The van der Waals surface area contributed by atoms with Crippen molar-refractivity contribution in [1.82, 2.24) is 4.72 Å². The van der Waals surface area contributed by atoms with Crippen molar-refractivity contribution in [3.8, 4) is 0 Å². The van der Waals surface area contributed by atoms with Crippen LogP contribution in [0.4, 0.5) is 0 Å². The van der Waals surface area contributed by atoms with Gasteiger partial charge in [0.1, 0.15) is 4.99 Å². The van der Waals surface area contributed by atoms with Gasteiger partial charge in [-0.1, -0.05) is 36.8 Å². The van der Waals surface area contributed by atoms with Crippen molar-refractivity contribution >= 4 is 27.2 Å². The lowest BCUT2D eigenvalue weighted by Crippen LogP contribution is -2.39. The lowest BCUT2D eigenvalue weighted by molar-refractivity contribution is 0.390. The third kappa shape index (κ3) is 2.47. The molecule has 108 valence electrons. The number of hydrogen-bond acceptors (Lipinski definition) is 3. The number of fused-ring (bicyclic) bond motifs is 2. The fourth-order valence-electron chi connectivity index (χ4n) is 3.56. The van der Waals surface area contributed by atoms with Gasteiger partial charge in [0.25, 0.3) is 0 Å². The fourth-order valence-corrected chi connectivity index (χ4v) is 5.34. The molecule has 2 aliphatic rings. The van der Waals surface area contributed by atoms with Crippen LogP contribution in [0, 0.1) is 11.8 Å². The van der Waals surface area contributed by atoms with Gasteiger partial charge in [-0.3, -0.25) is 0 Å². The van der Waals surface area contributed by atoms with E-state index in [-0.39, 0.29) is 15.9 Å². The minimum Gasteiger partial charge on any atom is -0.389 e. The zero-order valence-corrected chi connectivity index (χ0v) is 12.7. The predicted octanol–water partition coefficient (Wildman–Crippen LogP) is 1.79. The van der Waals surface area contributed by atoms with Crippen LogP contribution in [0.1, 0.15) is 31.2 Å². The maximum absolute atomic E-state index is 12.6. The first kappa shape index (κ1) is 14.0. The number of sulfonamides is 1. The molecule has 2 saturated carbocycles. The summed E-state index contributed by atoms with van der Waals surface area (Å²) >= 11 is 4.94. The summed E-state index contributed by atoms with van der Waals surface area (Å²) in [5, 5.41) is 0. The molecule has 4 nitrogen and oxygen atoms in total. The Balaban J connectivity index is 1.87. The highest BCUT2D eigenvalue weighted by Crippen LogP contribution is 2.44. The average Bonchev–Trinajstić information content (AvgIpc) is 3.00. The Labute approximate surface area is 124 Å². The molecular weight excluding hydrogens is 292 g/mol. The maximum atomic E-state index is 12.6. The van der Waals surface area contributed by atoms with Crippen LogP contribution in [0.2, 0.25) is 0 Å². The van der Waals surface area contributed by atoms with Crippen LogP contribution < -0.4 is 10.5 Å². The van der Waals surface area contributed by atoms with Crippen LogP contribution in [0.3, 0.4) is 0 Å². The van der Waals surface area contributed by atoms with Crippen LogP contribution in [-0.4, -0.2) is 19.4 Å². The molecule has 0 aliphatic heterocycles. The second kappa shape index (κ2) is 5.09. The van der Waals surface area contributed by atoms with Gasteiger partial charge in [0, 0.05) is 11.6 Å². The van der Waals surface area contributed by atoms with E-state index in [0.717, 1.165) is 19.3 Å². The number of benzene rings is 1. The minimum atomic E-state index is -3.56. The largest absolute Gasteiger partial charge is 0.389 e. The minimum absolute atomic E-state index is 0.0677. The first-order valence-electron chi connectivity index (χ1n) is 6.88. The first-order chi connectivity index (χ1) is 9.47. The molecule has 6 heteroatoms. The van der Waals surface area contributed by atoms with E-state index < -0.39 is 10.0 Å². The Morgan fingerprint density at radius 2 is 2.00 bits per heavy atom. The summed E-state index contributed by atoms with van der Waals surface area (Å²) < 4.78 is 28.0. The smallest absolute Gasteiger partial charge is 0.241 e. The number of nitrogens with two attached hydrogens (primary N) is 1. The first-order valence-corrected chi connectivity index (χ1v) is 8.77. The van der Waals surface area contributed by atoms with Gasteiger partial charge in [-0.25, -0.2) is 13.1 Å². The second-order valence-corrected chi connectivity index (χ2v) is 7.89. The van der Waals surface area contributed by atoms with Crippen LogP contribution in [-0.2, 0) is 10.0 Å². The van der Waals surface area contributed by atoms with Gasteiger partial charge in [-0.15, -0.1) is 0 Å². The van der Waals surface area contributed by atoms with E-state index in [1.165, 1.54) is 6.42 Å². The molecule has 0 spiro atoms. The van der Waals surface area contributed by atoms with Crippen molar-refractivity contribution in [2.75, 3.05) is 0 Å². The average molecular weight is 310 g/mol. The van der Waals surface area contributed by atoms with Crippen molar-refractivity contribution in [2.24, 2.45) is 17.6 Å². The van der Waals surface area contributed by atoms with Crippen molar-refractivity contribution in [3.05, 3.63) is 29.8 Å². The molecule has 1 aromatic carbocycles. The molecule has 3 unspecified atom stereocenters. The summed E-state index contributed by atoms with van der Waals surface area (Å²) in [4.78, 5) is 0.300. The van der Waals surface area contributed by atoms with E-state index >= 15 is 0 Å². The highest BCUT2D eigenvalue weighted by atomic mass is 32.2. The van der Waals surface area contributed by atoms with Gasteiger partial charge in [0.2, 0.25) is 10.0 Å². The maximum Gasteiger partial charge on any atom is 0.241 e. The number of nitrogens with one attached hydrogen (secondary N) is 1. The molecule has 3 atom stereocenters. The molecular formula is C14H18N2O2S2. The Bertz CT molecular complexity index is 642. The van der Waals surface area contributed by atoms with E-state index in [4.69, 9.17) is 18.0 Å². The van der Waals surface area contributed by atoms with Gasteiger partial charge in [0.15, 0.2) is 0 Å². The summed E-state index contributed by atoms with van der Waals surface area (Å²) in [5.41, 5.74) is 6.03. The molecule has 3 N–H and O–H groups in total. The molecule has 0 radical (unpaired) electrons. The Morgan fingerprint density at radius 1 is 1.25 bits per heavy atom. The highest BCUT2D eigenvalue weighted by Gasteiger charge is 2.41. The van der Waals surface area contributed by atoms with Crippen molar-refractivity contribution in [2.45, 2.75) is 36.6 Å². The number of hydrogen-bond donors (Lipinski definition) is 2. The quantitative estimate of drug-likeness (QED) is 0.832. The van der Waals surface area contributed by atoms with Gasteiger partial charge in [-0.2, -0.15) is 0 Å². The van der Waals surface area contributed by atoms with Crippen LogP contribution in [0.5, 0.6) is 0 Å².